The van der Waals surface area contributed by atoms with Crippen molar-refractivity contribution in [2.75, 3.05) is 0 Å². The number of hydrogen-bond donors (Lipinski definition) is 3. The van der Waals surface area contributed by atoms with Crippen molar-refractivity contribution in [2.24, 2.45) is 11.6 Å². The molecule has 0 amide bonds. The number of hydrazine groups is 1. The predicted octanol–water partition coefficient (Wildman–Crippen LogP) is 1.56. The number of nitrogens with two attached hydrogens (primary N) is 2. The van der Waals surface area contributed by atoms with E-state index in [0.717, 1.165) is 12.3 Å². The summed E-state index contributed by atoms with van der Waals surface area (Å²) in [7, 11) is 0. The van der Waals surface area contributed by atoms with E-state index in [1.54, 1.807) is 0 Å². The van der Waals surface area contributed by atoms with Crippen LogP contribution in [0.25, 0.3) is 5.70 Å². The molecule has 7 heteroatoms. The van der Waals surface area contributed by atoms with Gasteiger partial charge in [0.05, 0.1) is 11.3 Å². The number of nitrogens with one attached hydrogen (secondary N) is 1. The SMILES string of the molecule is N/C=C(\NN)c1ccc(C(F)(F)F)c(F)c1. The zero-order valence-electron chi connectivity index (χ0n) is 7.98. The van der Waals surface area contributed by atoms with E-state index in [-0.39, 0.29) is 11.3 Å². The Morgan fingerprint density at radius 3 is 2.31 bits per heavy atom. The molecule has 88 valence electrons. The molecule has 0 aliphatic carbocycles. The van der Waals surface area contributed by atoms with Crippen LogP contribution in [0.4, 0.5) is 17.6 Å². The summed E-state index contributed by atoms with van der Waals surface area (Å²) >= 11 is 0. The molecule has 16 heavy (non-hydrogen) atoms. The average Bonchev–Trinajstić information content (AvgIpc) is 2.17. The Labute approximate surface area is 88.7 Å². The molecule has 0 aliphatic heterocycles. The number of alkyl halides is 3. The van der Waals surface area contributed by atoms with Gasteiger partial charge in [0.15, 0.2) is 0 Å². The molecule has 3 nitrogen and oxygen atoms in total. The number of halogens is 4. The van der Waals surface area contributed by atoms with E-state index in [0.29, 0.717) is 12.1 Å². The van der Waals surface area contributed by atoms with Gasteiger partial charge in [-0.05, 0) is 12.1 Å². The quantitative estimate of drug-likeness (QED) is 0.414. The molecule has 0 atom stereocenters. The predicted molar refractivity (Wildman–Crippen MR) is 50.9 cm³/mol. The second-order valence-corrected chi connectivity index (χ2v) is 2.92. The van der Waals surface area contributed by atoms with Gasteiger partial charge in [-0.25, -0.2) is 4.39 Å². The summed E-state index contributed by atoms with van der Waals surface area (Å²) in [5.41, 5.74) is 6.22. The lowest BCUT2D eigenvalue weighted by Crippen LogP contribution is -2.21. The fraction of sp³-hybridized carbons (Fsp3) is 0.111. The fourth-order valence-electron chi connectivity index (χ4n) is 1.14. The summed E-state index contributed by atoms with van der Waals surface area (Å²) in [4.78, 5) is 0. The first-order chi connectivity index (χ1) is 7.40. The smallest absolute Gasteiger partial charge is 0.403 e. The zero-order valence-corrected chi connectivity index (χ0v) is 7.98. The number of benzene rings is 1. The van der Waals surface area contributed by atoms with Crippen LogP contribution >= 0.6 is 0 Å². The Kier molecular flexibility index (Phi) is 3.38. The van der Waals surface area contributed by atoms with Gasteiger partial charge in [0.25, 0.3) is 0 Å². The molecule has 0 radical (unpaired) electrons. The average molecular weight is 235 g/mol. The van der Waals surface area contributed by atoms with Gasteiger partial charge in [-0.15, -0.1) is 0 Å². The molecule has 5 N–H and O–H groups in total. The first-order valence-corrected chi connectivity index (χ1v) is 4.15. The molecule has 0 aliphatic rings. The molecule has 0 fully saturated rings. The second kappa shape index (κ2) is 4.40. The molecule has 0 spiro atoms. The van der Waals surface area contributed by atoms with Crippen molar-refractivity contribution in [3.63, 3.8) is 0 Å². The topological polar surface area (TPSA) is 64.1 Å². The van der Waals surface area contributed by atoms with Crippen molar-refractivity contribution in [1.29, 1.82) is 0 Å². The number of rotatable bonds is 2. The lowest BCUT2D eigenvalue weighted by molar-refractivity contribution is -0.140. The van der Waals surface area contributed by atoms with E-state index in [1.807, 2.05) is 0 Å². The molecule has 0 heterocycles. The highest BCUT2D eigenvalue weighted by molar-refractivity contribution is 5.63. The zero-order chi connectivity index (χ0) is 12.3. The van der Waals surface area contributed by atoms with Crippen LogP contribution in [0.5, 0.6) is 0 Å². The van der Waals surface area contributed by atoms with Crippen molar-refractivity contribution in [3.05, 3.63) is 41.3 Å². The van der Waals surface area contributed by atoms with Crippen LogP contribution in [-0.4, -0.2) is 0 Å². The molecular formula is C9H9F4N3. The third kappa shape index (κ3) is 2.43. The van der Waals surface area contributed by atoms with Crippen molar-refractivity contribution >= 4 is 5.70 Å². The minimum Gasteiger partial charge on any atom is -0.403 e. The first kappa shape index (κ1) is 12.3. The molecular weight excluding hydrogens is 226 g/mol. The van der Waals surface area contributed by atoms with Crippen LogP contribution < -0.4 is 17.0 Å². The van der Waals surface area contributed by atoms with E-state index in [9.17, 15) is 17.6 Å². The summed E-state index contributed by atoms with van der Waals surface area (Å²) in [6.07, 6.45) is -3.69. The second-order valence-electron chi connectivity index (χ2n) is 2.92. The van der Waals surface area contributed by atoms with Gasteiger partial charge < -0.3 is 11.2 Å². The summed E-state index contributed by atoms with van der Waals surface area (Å²) < 4.78 is 49.8. The Morgan fingerprint density at radius 2 is 1.94 bits per heavy atom. The van der Waals surface area contributed by atoms with Crippen LogP contribution in [0.15, 0.2) is 24.4 Å². The van der Waals surface area contributed by atoms with Gasteiger partial charge >= 0.3 is 6.18 Å². The fourth-order valence-corrected chi connectivity index (χ4v) is 1.14. The number of hydrogen-bond acceptors (Lipinski definition) is 3. The minimum absolute atomic E-state index is 0.132. The Morgan fingerprint density at radius 1 is 1.31 bits per heavy atom. The van der Waals surface area contributed by atoms with Crippen molar-refractivity contribution in [2.45, 2.75) is 6.18 Å². The van der Waals surface area contributed by atoms with Crippen LogP contribution in [0.3, 0.4) is 0 Å². The van der Waals surface area contributed by atoms with Crippen molar-refractivity contribution in [1.82, 2.24) is 5.43 Å². The third-order valence-corrected chi connectivity index (χ3v) is 1.91. The molecule has 1 aromatic rings. The van der Waals surface area contributed by atoms with E-state index < -0.39 is 17.6 Å². The van der Waals surface area contributed by atoms with Crippen molar-refractivity contribution < 1.29 is 17.6 Å². The Balaban J connectivity index is 3.19. The summed E-state index contributed by atoms with van der Waals surface area (Å²) in [6, 6.07) is 2.41. The van der Waals surface area contributed by atoms with E-state index >= 15 is 0 Å². The van der Waals surface area contributed by atoms with Gasteiger partial charge in [-0.1, -0.05) is 6.07 Å². The maximum Gasteiger partial charge on any atom is 0.419 e. The van der Waals surface area contributed by atoms with Gasteiger partial charge in [-0.2, -0.15) is 13.2 Å². The van der Waals surface area contributed by atoms with Crippen LogP contribution in [0.2, 0.25) is 0 Å². The van der Waals surface area contributed by atoms with E-state index in [4.69, 9.17) is 11.6 Å². The molecule has 0 saturated carbocycles. The maximum atomic E-state index is 13.1. The largest absolute Gasteiger partial charge is 0.419 e. The molecule has 0 bridgehead atoms. The highest BCUT2D eigenvalue weighted by atomic mass is 19.4. The lowest BCUT2D eigenvalue weighted by Gasteiger charge is -2.10. The molecule has 0 unspecified atom stereocenters. The van der Waals surface area contributed by atoms with Gasteiger partial charge in [0.2, 0.25) is 0 Å². The van der Waals surface area contributed by atoms with Gasteiger partial charge in [-0.3, -0.25) is 5.84 Å². The monoisotopic (exact) mass is 235 g/mol. The van der Waals surface area contributed by atoms with Crippen LogP contribution in [0, 0.1) is 5.82 Å². The Hall–Kier alpha value is -1.76. The van der Waals surface area contributed by atoms with Crippen LogP contribution in [-0.2, 0) is 6.18 Å². The molecule has 0 aromatic heterocycles. The normalized spacial score (nSPS) is 12.7. The lowest BCUT2D eigenvalue weighted by atomic mass is 10.1. The third-order valence-electron chi connectivity index (χ3n) is 1.91. The highest BCUT2D eigenvalue weighted by Crippen LogP contribution is 2.32. The molecule has 1 aromatic carbocycles. The van der Waals surface area contributed by atoms with Gasteiger partial charge in [0, 0.05) is 11.8 Å². The maximum absolute atomic E-state index is 13.1. The van der Waals surface area contributed by atoms with Gasteiger partial charge in [0.1, 0.15) is 5.82 Å². The molecule has 0 saturated heterocycles. The Bertz CT molecular complexity index is 412. The minimum atomic E-state index is -4.72. The standard InChI is InChI=1S/C9H9F4N3/c10-7-3-5(8(4-14)16-15)1-2-6(7)9(11,12)13/h1-4,16H,14-15H2/b8-4-. The first-order valence-electron chi connectivity index (χ1n) is 4.15. The summed E-state index contributed by atoms with van der Waals surface area (Å²) in [6.45, 7) is 0. The summed E-state index contributed by atoms with van der Waals surface area (Å²) in [5.74, 6) is 3.67. The van der Waals surface area contributed by atoms with Crippen molar-refractivity contribution in [3.8, 4) is 0 Å². The highest BCUT2D eigenvalue weighted by Gasteiger charge is 2.33. The van der Waals surface area contributed by atoms with Crippen LogP contribution in [0.1, 0.15) is 11.1 Å². The molecule has 1 rings (SSSR count). The van der Waals surface area contributed by atoms with E-state index in [2.05, 4.69) is 5.43 Å². The van der Waals surface area contributed by atoms with E-state index in [1.165, 1.54) is 0 Å². The summed E-state index contributed by atoms with van der Waals surface area (Å²) in [5, 5.41) is 0.